The predicted molar refractivity (Wildman–Crippen MR) is 57.0 cm³/mol. The molecule has 3 nitrogen and oxygen atoms in total. The minimum Gasteiger partial charge on any atom is -0.506 e. The molecule has 0 unspecified atom stereocenters. The number of phenols is 1. The largest absolute Gasteiger partial charge is 0.506 e. The first-order valence-electron chi connectivity index (χ1n) is 3.40. The van der Waals surface area contributed by atoms with Crippen molar-refractivity contribution in [3.8, 4) is 5.75 Å². The molecule has 1 aromatic carbocycles. The Hall–Kier alpha value is -1.08. The smallest absolute Gasteiger partial charge is 0.187 e. The van der Waals surface area contributed by atoms with E-state index < -0.39 is 0 Å². The van der Waals surface area contributed by atoms with Gasteiger partial charge in [-0.3, -0.25) is 4.98 Å². The first-order chi connectivity index (χ1) is 5.38. The third kappa shape index (κ3) is 2.19. The predicted octanol–water partition coefficient (Wildman–Crippen LogP) is -0.0682. The number of phenolic OH excluding ortho intramolecular Hbond substituents is 1. The van der Waals surface area contributed by atoms with Gasteiger partial charge in [-0.25, -0.2) is 0 Å². The molecular formula is C9H12AlNO2. The third-order valence-corrected chi connectivity index (χ3v) is 1.61. The molecular weight excluding hydrogens is 181 g/mol. The van der Waals surface area contributed by atoms with Crippen molar-refractivity contribution in [3.05, 3.63) is 36.5 Å². The lowest BCUT2D eigenvalue weighted by Crippen LogP contribution is -1.76. The molecule has 2 rings (SSSR count). The summed E-state index contributed by atoms with van der Waals surface area (Å²) in [7, 11) is 0. The van der Waals surface area contributed by atoms with Gasteiger partial charge in [-0.2, -0.15) is 0 Å². The molecule has 0 atom stereocenters. The second kappa shape index (κ2) is 4.83. The number of nitrogens with zero attached hydrogens (tertiary/aromatic N) is 1. The van der Waals surface area contributed by atoms with E-state index in [1.54, 1.807) is 18.3 Å². The van der Waals surface area contributed by atoms with Crippen LogP contribution in [0.3, 0.4) is 0 Å². The van der Waals surface area contributed by atoms with Gasteiger partial charge in [0.25, 0.3) is 0 Å². The maximum Gasteiger partial charge on any atom is 0.187 e. The number of aromatic hydroxyl groups is 1. The highest BCUT2D eigenvalue weighted by Gasteiger charge is 1.96. The number of hydrogen-bond donors (Lipinski definition) is 1. The number of hydrogen-bond acceptors (Lipinski definition) is 2. The highest BCUT2D eigenvalue weighted by molar-refractivity contribution is 5.83. The molecule has 2 aromatic rings. The number of para-hydroxylation sites is 1. The molecule has 0 aliphatic rings. The Morgan fingerprint density at radius 2 is 1.77 bits per heavy atom. The fourth-order valence-electron chi connectivity index (χ4n) is 1.09. The molecule has 0 amide bonds. The molecule has 0 saturated carbocycles. The van der Waals surface area contributed by atoms with Crippen molar-refractivity contribution in [2.24, 2.45) is 0 Å². The Morgan fingerprint density at radius 3 is 2.46 bits per heavy atom. The van der Waals surface area contributed by atoms with Gasteiger partial charge in [-0.1, -0.05) is 18.2 Å². The Labute approximate surface area is 86.5 Å². The molecule has 0 bridgehead atoms. The van der Waals surface area contributed by atoms with E-state index in [0.29, 0.717) is 5.52 Å². The van der Waals surface area contributed by atoms with Crippen molar-refractivity contribution in [1.29, 1.82) is 0 Å². The number of pyridine rings is 1. The summed E-state index contributed by atoms with van der Waals surface area (Å²) in [5, 5.41) is 10.3. The van der Waals surface area contributed by atoms with Gasteiger partial charge in [-0.05, 0) is 12.1 Å². The molecule has 0 fully saturated rings. The zero-order chi connectivity index (χ0) is 7.68. The molecule has 68 valence electrons. The van der Waals surface area contributed by atoms with E-state index in [9.17, 15) is 5.11 Å². The molecule has 13 heavy (non-hydrogen) atoms. The molecule has 3 N–H and O–H groups in total. The molecule has 0 radical (unpaired) electrons. The molecule has 0 saturated heterocycles. The van der Waals surface area contributed by atoms with Gasteiger partial charge in [0.1, 0.15) is 11.3 Å². The van der Waals surface area contributed by atoms with Crippen LogP contribution in [0.15, 0.2) is 36.5 Å². The van der Waals surface area contributed by atoms with Crippen LogP contribution < -0.4 is 0 Å². The van der Waals surface area contributed by atoms with Crippen LogP contribution in [0.25, 0.3) is 10.9 Å². The number of rotatable bonds is 0. The van der Waals surface area contributed by atoms with Gasteiger partial charge < -0.3 is 10.6 Å². The summed E-state index contributed by atoms with van der Waals surface area (Å²) in [6.07, 6.45) is 1.67. The molecule has 1 heterocycles. The van der Waals surface area contributed by atoms with Gasteiger partial charge in [0.15, 0.2) is 17.4 Å². The summed E-state index contributed by atoms with van der Waals surface area (Å²) in [5.41, 5.74) is 0.662. The third-order valence-electron chi connectivity index (χ3n) is 1.61. The number of aromatic nitrogens is 1. The van der Waals surface area contributed by atoms with Crippen molar-refractivity contribution in [3.63, 3.8) is 0 Å². The summed E-state index contributed by atoms with van der Waals surface area (Å²) < 4.78 is 0. The first-order valence-corrected chi connectivity index (χ1v) is 3.40. The number of fused-ring (bicyclic) bond motifs is 1. The lowest BCUT2D eigenvalue weighted by molar-refractivity contribution is 0.480. The Bertz CT molecular complexity index is 387. The van der Waals surface area contributed by atoms with Crippen molar-refractivity contribution in [1.82, 2.24) is 4.98 Å². The van der Waals surface area contributed by atoms with Crippen molar-refractivity contribution < 1.29 is 10.6 Å². The highest BCUT2D eigenvalue weighted by Crippen LogP contribution is 2.20. The van der Waals surface area contributed by atoms with Crippen LogP contribution >= 0.6 is 0 Å². The second-order valence-corrected chi connectivity index (χ2v) is 2.35. The van der Waals surface area contributed by atoms with Crippen LogP contribution in [0.5, 0.6) is 5.75 Å². The van der Waals surface area contributed by atoms with E-state index in [4.69, 9.17) is 0 Å². The van der Waals surface area contributed by atoms with Crippen LogP contribution in [0.2, 0.25) is 0 Å². The van der Waals surface area contributed by atoms with Gasteiger partial charge in [0, 0.05) is 11.6 Å². The molecule has 0 aliphatic carbocycles. The quantitative estimate of drug-likeness (QED) is 0.595. The maximum atomic E-state index is 9.31. The van der Waals surface area contributed by atoms with E-state index in [1.165, 1.54) is 0 Å². The fraction of sp³-hybridized carbons (Fsp3) is 0. The van der Waals surface area contributed by atoms with Crippen LogP contribution in [0.1, 0.15) is 0 Å². The normalized spacial score (nSPS) is 8.62. The van der Waals surface area contributed by atoms with E-state index in [0.717, 1.165) is 5.39 Å². The molecule has 4 heteroatoms. The van der Waals surface area contributed by atoms with Crippen LogP contribution in [0, 0.1) is 0 Å². The summed E-state index contributed by atoms with van der Waals surface area (Å²) in [6.45, 7) is 0. The summed E-state index contributed by atoms with van der Waals surface area (Å²) in [5.74, 6) is 0.239. The SMILES string of the molecule is O.Oc1cccc2cccnc12.[AlH3]. The number of benzene rings is 1. The van der Waals surface area contributed by atoms with Gasteiger partial charge in [0.05, 0.1) is 0 Å². The minimum absolute atomic E-state index is 0. The summed E-state index contributed by atoms with van der Waals surface area (Å²) in [6, 6.07) is 9.13. The van der Waals surface area contributed by atoms with Crippen molar-refractivity contribution in [2.45, 2.75) is 0 Å². The van der Waals surface area contributed by atoms with Gasteiger partial charge in [-0.15, -0.1) is 0 Å². The van der Waals surface area contributed by atoms with Crippen LogP contribution in [-0.4, -0.2) is 32.9 Å². The van der Waals surface area contributed by atoms with E-state index in [1.807, 2.05) is 18.2 Å². The minimum atomic E-state index is 0. The van der Waals surface area contributed by atoms with E-state index >= 15 is 0 Å². The molecule has 1 aromatic heterocycles. The van der Waals surface area contributed by atoms with Gasteiger partial charge in [0.2, 0.25) is 0 Å². The fourth-order valence-corrected chi connectivity index (χ4v) is 1.09. The Balaban J connectivity index is 0.000000720. The average Bonchev–Trinajstić information content (AvgIpc) is 2.06. The zero-order valence-corrected chi connectivity index (χ0v) is 6.36. The first kappa shape index (κ1) is 11.9. The van der Waals surface area contributed by atoms with Gasteiger partial charge >= 0.3 is 0 Å². The monoisotopic (exact) mass is 193 g/mol. The topological polar surface area (TPSA) is 64.6 Å². The van der Waals surface area contributed by atoms with E-state index in [-0.39, 0.29) is 28.6 Å². The molecule has 0 aliphatic heterocycles. The van der Waals surface area contributed by atoms with Crippen LogP contribution in [0.4, 0.5) is 0 Å². The van der Waals surface area contributed by atoms with Crippen molar-refractivity contribution >= 4 is 28.3 Å². The lowest BCUT2D eigenvalue weighted by atomic mass is 10.2. The average molecular weight is 193 g/mol. The highest BCUT2D eigenvalue weighted by atomic mass is 27.0. The maximum absolute atomic E-state index is 9.31. The Kier molecular flexibility index (Phi) is 4.43. The van der Waals surface area contributed by atoms with Crippen LogP contribution in [-0.2, 0) is 0 Å². The second-order valence-electron chi connectivity index (χ2n) is 2.35. The zero-order valence-electron chi connectivity index (χ0n) is 6.36. The lowest BCUT2D eigenvalue weighted by Gasteiger charge is -1.96. The summed E-state index contributed by atoms with van der Waals surface area (Å²) >= 11 is 0. The van der Waals surface area contributed by atoms with E-state index in [2.05, 4.69) is 4.98 Å². The Morgan fingerprint density at radius 1 is 1.08 bits per heavy atom. The summed E-state index contributed by atoms with van der Waals surface area (Å²) in [4.78, 5) is 4.03. The van der Waals surface area contributed by atoms with Crippen molar-refractivity contribution in [2.75, 3.05) is 0 Å². The standard InChI is InChI=1S/C9H7NO.Al.H2O.3H/c11-8-5-1-3-7-4-2-6-10-9(7)8;;;;;/h1-6,11H;;1H2;;;. The molecule has 0 spiro atoms.